The number of aromatic nitrogens is 2. The predicted octanol–water partition coefficient (Wildman–Crippen LogP) is 7.78. The lowest BCUT2D eigenvalue weighted by molar-refractivity contribution is 0.631. The second kappa shape index (κ2) is 8.10. The minimum atomic E-state index is -0.799. The van der Waals surface area contributed by atoms with Gasteiger partial charge in [0.2, 0.25) is 0 Å². The van der Waals surface area contributed by atoms with Crippen LogP contribution in [0.5, 0.6) is 0 Å². The molecule has 3 rings (SSSR count). The van der Waals surface area contributed by atoms with Crippen LogP contribution in [0.2, 0.25) is 29.7 Å². The molecule has 0 N–H and O–H groups in total. The summed E-state index contributed by atoms with van der Waals surface area (Å²) in [6, 6.07) is 5.19. The fourth-order valence-corrected chi connectivity index (χ4v) is 3.91. The van der Waals surface area contributed by atoms with E-state index in [0.29, 0.717) is 29.9 Å². The zero-order chi connectivity index (χ0) is 18.1. The summed E-state index contributed by atoms with van der Waals surface area (Å²) in [5, 5.41) is 1.53. The summed E-state index contributed by atoms with van der Waals surface area (Å²) in [4.78, 5) is 8.17. The molecule has 0 aliphatic rings. The molecule has 0 aliphatic heterocycles. The van der Waals surface area contributed by atoms with E-state index >= 15 is 0 Å². The predicted molar refractivity (Wildman–Crippen MR) is 113 cm³/mol. The first-order valence-electron chi connectivity index (χ1n) is 6.81. The Morgan fingerprint density at radius 2 is 1.71 bits per heavy atom. The van der Waals surface area contributed by atoms with Gasteiger partial charge >= 0.3 is 0 Å². The second-order valence-corrected chi connectivity index (χ2v) is 19.6. The van der Waals surface area contributed by atoms with Crippen molar-refractivity contribution >= 4 is 82.7 Å². The number of thiazole rings is 1. The van der Waals surface area contributed by atoms with Gasteiger partial charge in [0.1, 0.15) is 21.8 Å². The molecule has 0 spiro atoms. The summed E-state index contributed by atoms with van der Waals surface area (Å²) < 4.78 is 14.9. The van der Waals surface area contributed by atoms with Gasteiger partial charge in [-0.25, -0.2) is 14.4 Å². The molecule has 2 aromatic heterocycles. The molecule has 0 aliphatic carbocycles. The number of rotatable bonds is 1. The molecular weight excluding hydrogens is 518 g/mol. The Hall–Kier alpha value is -0.0531. The molecule has 128 valence electrons. The van der Waals surface area contributed by atoms with E-state index in [0.717, 1.165) is 6.20 Å². The van der Waals surface area contributed by atoms with E-state index in [2.05, 4.69) is 60.8 Å². The van der Waals surface area contributed by atoms with Crippen LogP contribution in [0.4, 0.5) is 4.39 Å². The van der Waals surface area contributed by atoms with Crippen molar-refractivity contribution in [2.24, 2.45) is 0 Å². The van der Waals surface area contributed by atoms with Gasteiger partial charge in [0.15, 0.2) is 5.82 Å². The van der Waals surface area contributed by atoms with Gasteiger partial charge in [-0.2, -0.15) is 0 Å². The van der Waals surface area contributed by atoms with Crippen LogP contribution in [0.25, 0.3) is 20.8 Å². The zero-order valence-corrected chi connectivity index (χ0v) is 19.5. The smallest absolute Gasteiger partial charge is 0.168 e. The number of hydrogen-bond acceptors (Lipinski definition) is 3. The number of benzene rings is 1. The van der Waals surface area contributed by atoms with Gasteiger partial charge < -0.3 is 0 Å². The van der Waals surface area contributed by atoms with Crippen molar-refractivity contribution < 1.29 is 4.39 Å². The zero-order valence-electron chi connectivity index (χ0n) is 13.0. The molecular formula is C15H13Br2Cl2FN2SSi. The summed E-state index contributed by atoms with van der Waals surface area (Å²) >= 11 is 20.3. The highest BCUT2D eigenvalue weighted by Gasteiger charge is 2.17. The van der Waals surface area contributed by atoms with E-state index in [1.54, 1.807) is 18.2 Å². The van der Waals surface area contributed by atoms with Crippen molar-refractivity contribution in [2.75, 3.05) is 0 Å². The first-order chi connectivity index (χ1) is 11.1. The molecule has 24 heavy (non-hydrogen) atoms. The summed E-state index contributed by atoms with van der Waals surface area (Å²) in [6.45, 7) is 5.93. The normalized spacial score (nSPS) is 11.3. The standard InChI is InChI=1S/C12H4BrCl2FN2S.C3H9BrSi/c13-11-10-9(7(16)4-17-11)18-12(19-10)8-5(14)2-1-3-6(8)15;1-5(2,3)4/h1-4H;1-3H3. The lowest BCUT2D eigenvalue weighted by Gasteiger charge is -2.01. The first-order valence-corrected chi connectivity index (χ1v) is 14.9. The average molecular weight is 531 g/mol. The third-order valence-electron chi connectivity index (χ3n) is 2.51. The van der Waals surface area contributed by atoms with Gasteiger partial charge in [0.05, 0.1) is 20.9 Å². The summed E-state index contributed by atoms with van der Waals surface area (Å²) in [5.74, 6) is -0.469. The van der Waals surface area contributed by atoms with Crippen molar-refractivity contribution in [1.82, 2.24) is 9.97 Å². The SMILES string of the molecule is C[Si](C)(C)Br.Fc1cnc(Br)c2sc(-c3c(Cl)cccc3Cl)nc12. The molecule has 0 bridgehead atoms. The lowest BCUT2D eigenvalue weighted by atomic mass is 10.2. The van der Waals surface area contributed by atoms with E-state index in [1.165, 1.54) is 11.3 Å². The number of nitrogens with zero attached hydrogens (tertiary/aromatic N) is 2. The van der Waals surface area contributed by atoms with Crippen molar-refractivity contribution in [3.05, 3.63) is 44.9 Å². The van der Waals surface area contributed by atoms with E-state index in [9.17, 15) is 4.39 Å². The van der Waals surface area contributed by atoms with Gasteiger partial charge in [-0.15, -0.1) is 26.6 Å². The third kappa shape index (κ3) is 5.22. The fourth-order valence-electron chi connectivity index (χ4n) is 1.66. The third-order valence-corrected chi connectivity index (χ3v) is 5.08. The Balaban J connectivity index is 0.000000368. The van der Waals surface area contributed by atoms with Gasteiger partial charge in [0.25, 0.3) is 0 Å². The monoisotopic (exact) mass is 528 g/mol. The molecule has 2 nitrogen and oxygen atoms in total. The maximum Gasteiger partial charge on any atom is 0.168 e. The van der Waals surface area contributed by atoms with Crippen LogP contribution >= 0.6 is 65.8 Å². The molecule has 1 aromatic carbocycles. The van der Waals surface area contributed by atoms with Gasteiger partial charge in [-0.3, -0.25) is 0 Å². The van der Waals surface area contributed by atoms with E-state index in [4.69, 9.17) is 23.2 Å². The lowest BCUT2D eigenvalue weighted by Crippen LogP contribution is -2.05. The Bertz CT molecular complexity index is 819. The summed E-state index contributed by atoms with van der Waals surface area (Å²) in [6.07, 6.45) is 1.13. The van der Waals surface area contributed by atoms with Gasteiger partial charge in [0, 0.05) is 5.56 Å². The average Bonchev–Trinajstić information content (AvgIpc) is 2.87. The number of halogens is 5. The highest BCUT2D eigenvalue weighted by Crippen LogP contribution is 2.40. The molecule has 0 amide bonds. The number of hydrogen-bond donors (Lipinski definition) is 0. The molecule has 0 atom stereocenters. The van der Waals surface area contributed by atoms with Gasteiger partial charge in [-0.05, 0) is 28.1 Å². The molecule has 0 unspecified atom stereocenters. The Morgan fingerprint density at radius 1 is 1.17 bits per heavy atom. The van der Waals surface area contributed by atoms with Gasteiger partial charge in [-0.1, -0.05) is 48.9 Å². The minimum absolute atomic E-state index is 0.262. The molecule has 3 aromatic rings. The van der Waals surface area contributed by atoms with Crippen LogP contribution in [0.3, 0.4) is 0 Å². The molecule has 0 saturated heterocycles. The van der Waals surface area contributed by atoms with Crippen LogP contribution in [-0.2, 0) is 0 Å². The summed E-state index contributed by atoms with van der Waals surface area (Å²) in [7, 11) is 0. The molecule has 0 saturated carbocycles. The number of pyridine rings is 1. The second-order valence-electron chi connectivity index (χ2n) is 5.76. The fraction of sp³-hybridized carbons (Fsp3) is 0.200. The molecule has 2 heterocycles. The molecule has 0 radical (unpaired) electrons. The van der Waals surface area contributed by atoms with Crippen LogP contribution in [-0.4, -0.2) is 16.7 Å². The largest absolute Gasteiger partial charge is 0.245 e. The van der Waals surface area contributed by atoms with Crippen LogP contribution in [0.1, 0.15) is 0 Å². The van der Waals surface area contributed by atoms with Crippen molar-refractivity contribution in [3.8, 4) is 10.6 Å². The van der Waals surface area contributed by atoms with Crippen molar-refractivity contribution in [3.63, 3.8) is 0 Å². The maximum absolute atomic E-state index is 13.7. The summed E-state index contributed by atoms with van der Waals surface area (Å²) in [5.41, 5.74) is 0.871. The maximum atomic E-state index is 13.7. The topological polar surface area (TPSA) is 25.8 Å². The Kier molecular flexibility index (Phi) is 6.84. The molecule has 9 heteroatoms. The Labute approximate surface area is 171 Å². The van der Waals surface area contributed by atoms with Crippen molar-refractivity contribution in [2.45, 2.75) is 19.6 Å². The van der Waals surface area contributed by atoms with Crippen molar-refractivity contribution in [1.29, 1.82) is 0 Å². The Morgan fingerprint density at radius 3 is 2.21 bits per heavy atom. The molecule has 0 fully saturated rings. The van der Waals surface area contributed by atoms with Crippen LogP contribution in [0.15, 0.2) is 29.0 Å². The minimum Gasteiger partial charge on any atom is -0.245 e. The van der Waals surface area contributed by atoms with E-state index in [1.807, 2.05) is 0 Å². The number of fused-ring (bicyclic) bond motifs is 1. The highest BCUT2D eigenvalue weighted by atomic mass is 79.9. The highest BCUT2D eigenvalue weighted by molar-refractivity contribution is 9.26. The quantitative estimate of drug-likeness (QED) is 0.182. The van der Waals surface area contributed by atoms with E-state index < -0.39 is 12.5 Å². The van der Waals surface area contributed by atoms with E-state index in [-0.39, 0.29) is 5.52 Å². The van der Waals surface area contributed by atoms with Crippen LogP contribution < -0.4 is 0 Å². The van der Waals surface area contributed by atoms with Crippen LogP contribution in [0, 0.1) is 5.82 Å². The first kappa shape index (κ1) is 20.3.